The molecule has 1 N–H and O–H groups in total. The van der Waals surface area contributed by atoms with Crippen LogP contribution in [0.5, 0.6) is 0 Å². The average molecular weight is 328 g/mol. The molecule has 130 valence electrons. The van der Waals surface area contributed by atoms with Crippen molar-refractivity contribution in [2.24, 2.45) is 5.92 Å². The summed E-state index contributed by atoms with van der Waals surface area (Å²) in [7, 11) is 0. The van der Waals surface area contributed by atoms with Crippen LogP contribution in [-0.4, -0.2) is 28.8 Å². The normalized spacial score (nSPS) is 19.5. The number of rotatable bonds is 5. The highest BCUT2D eigenvalue weighted by Crippen LogP contribution is 2.27. The molecule has 0 radical (unpaired) electrons. The van der Waals surface area contributed by atoms with Crippen LogP contribution in [0, 0.1) is 5.92 Å². The standard InChI is InChI=1S/C20H28N2O2/c1-14(2)12-18(19(23)21-16-9-4-3-5-10-16)22-13-15-8-6-7-11-17(15)20(22)24/h6-8,11,14,16,18H,3-5,9-10,12-13H2,1-2H3,(H,21,23)/t18-/m0/s1. The first-order valence-corrected chi connectivity index (χ1v) is 9.25. The lowest BCUT2D eigenvalue weighted by Gasteiger charge is -2.31. The monoisotopic (exact) mass is 328 g/mol. The molecule has 0 bridgehead atoms. The molecule has 4 heteroatoms. The molecule has 1 aliphatic heterocycles. The Morgan fingerprint density at radius 3 is 2.58 bits per heavy atom. The van der Waals surface area contributed by atoms with E-state index in [1.807, 2.05) is 24.3 Å². The second kappa shape index (κ2) is 7.37. The first kappa shape index (κ1) is 17.0. The molecule has 0 aromatic heterocycles. The Morgan fingerprint density at radius 1 is 1.21 bits per heavy atom. The molecule has 0 unspecified atom stereocenters. The predicted octanol–water partition coefficient (Wildman–Crippen LogP) is 3.51. The molecule has 2 aliphatic rings. The van der Waals surface area contributed by atoms with Crippen molar-refractivity contribution in [1.82, 2.24) is 10.2 Å². The number of carbonyl (C=O) groups is 2. The van der Waals surface area contributed by atoms with Crippen LogP contribution in [-0.2, 0) is 11.3 Å². The maximum Gasteiger partial charge on any atom is 0.255 e. The van der Waals surface area contributed by atoms with Gasteiger partial charge in [0.15, 0.2) is 0 Å². The third-order valence-electron chi connectivity index (χ3n) is 5.17. The molecule has 1 aromatic rings. The van der Waals surface area contributed by atoms with Crippen LogP contribution in [0.25, 0.3) is 0 Å². The van der Waals surface area contributed by atoms with Crippen molar-refractivity contribution in [2.45, 2.75) is 71.0 Å². The average Bonchev–Trinajstić information content (AvgIpc) is 2.90. The van der Waals surface area contributed by atoms with Gasteiger partial charge in [-0.15, -0.1) is 0 Å². The van der Waals surface area contributed by atoms with Crippen LogP contribution in [0.3, 0.4) is 0 Å². The van der Waals surface area contributed by atoms with Gasteiger partial charge in [0, 0.05) is 18.2 Å². The van der Waals surface area contributed by atoms with Crippen LogP contribution in [0.4, 0.5) is 0 Å². The van der Waals surface area contributed by atoms with E-state index >= 15 is 0 Å². The van der Waals surface area contributed by atoms with Gasteiger partial charge in [-0.2, -0.15) is 0 Å². The summed E-state index contributed by atoms with van der Waals surface area (Å²) < 4.78 is 0. The van der Waals surface area contributed by atoms with E-state index in [1.54, 1.807) is 4.90 Å². The number of hydrogen-bond acceptors (Lipinski definition) is 2. The van der Waals surface area contributed by atoms with Crippen LogP contribution in [0.1, 0.15) is 68.3 Å². The molecule has 1 saturated carbocycles. The minimum atomic E-state index is -0.369. The van der Waals surface area contributed by atoms with E-state index in [0.717, 1.165) is 24.0 Å². The fourth-order valence-corrected chi connectivity index (χ4v) is 3.90. The van der Waals surface area contributed by atoms with Gasteiger partial charge in [-0.3, -0.25) is 9.59 Å². The minimum absolute atomic E-state index is 0.00459. The van der Waals surface area contributed by atoms with Gasteiger partial charge in [0.2, 0.25) is 5.91 Å². The van der Waals surface area contributed by atoms with Crippen LogP contribution in [0.2, 0.25) is 0 Å². The highest BCUT2D eigenvalue weighted by molar-refractivity contribution is 6.01. The van der Waals surface area contributed by atoms with Crippen molar-refractivity contribution >= 4 is 11.8 Å². The largest absolute Gasteiger partial charge is 0.352 e. The summed E-state index contributed by atoms with van der Waals surface area (Å²) in [5.41, 5.74) is 1.78. The molecule has 0 spiro atoms. The number of fused-ring (bicyclic) bond motifs is 1. The number of amides is 2. The smallest absolute Gasteiger partial charge is 0.255 e. The van der Waals surface area contributed by atoms with Crippen molar-refractivity contribution in [3.05, 3.63) is 35.4 Å². The van der Waals surface area contributed by atoms with Crippen molar-refractivity contribution in [2.75, 3.05) is 0 Å². The first-order chi connectivity index (χ1) is 11.6. The molecule has 1 atom stereocenters. The molecule has 1 aromatic carbocycles. The Balaban J connectivity index is 1.74. The van der Waals surface area contributed by atoms with E-state index in [1.165, 1.54) is 19.3 Å². The second-order valence-corrected chi connectivity index (χ2v) is 7.58. The Morgan fingerprint density at radius 2 is 1.92 bits per heavy atom. The van der Waals surface area contributed by atoms with Crippen molar-refractivity contribution in [3.63, 3.8) is 0 Å². The summed E-state index contributed by atoms with van der Waals surface area (Å²) in [4.78, 5) is 27.5. The Hall–Kier alpha value is -1.84. The molecule has 0 saturated heterocycles. The third kappa shape index (κ3) is 3.63. The van der Waals surface area contributed by atoms with E-state index in [0.29, 0.717) is 18.9 Å². The molecule has 3 rings (SSSR count). The summed E-state index contributed by atoms with van der Waals surface area (Å²) in [5.74, 6) is 0.385. The topological polar surface area (TPSA) is 49.4 Å². The van der Waals surface area contributed by atoms with Gasteiger partial charge >= 0.3 is 0 Å². The maximum atomic E-state index is 12.9. The quantitative estimate of drug-likeness (QED) is 0.899. The SMILES string of the molecule is CC(C)C[C@@H](C(=O)NC1CCCCC1)N1Cc2ccccc2C1=O. The Kier molecular flexibility index (Phi) is 5.22. The molecule has 24 heavy (non-hydrogen) atoms. The summed E-state index contributed by atoms with van der Waals surface area (Å²) in [5, 5.41) is 3.22. The van der Waals surface area contributed by atoms with Crippen LogP contribution >= 0.6 is 0 Å². The molecular formula is C20H28N2O2. The fraction of sp³-hybridized carbons (Fsp3) is 0.600. The van der Waals surface area contributed by atoms with Gasteiger partial charge in [-0.1, -0.05) is 51.3 Å². The zero-order valence-corrected chi connectivity index (χ0v) is 14.8. The van der Waals surface area contributed by atoms with E-state index < -0.39 is 0 Å². The third-order valence-corrected chi connectivity index (χ3v) is 5.17. The molecule has 1 heterocycles. The van der Waals surface area contributed by atoms with Gasteiger partial charge in [0.05, 0.1) is 0 Å². The number of nitrogens with one attached hydrogen (secondary N) is 1. The summed E-state index contributed by atoms with van der Waals surface area (Å²) >= 11 is 0. The molecule has 1 aliphatic carbocycles. The van der Waals surface area contributed by atoms with Gasteiger partial charge < -0.3 is 10.2 Å². The summed E-state index contributed by atoms with van der Waals surface area (Å²) in [6.45, 7) is 4.76. The van der Waals surface area contributed by atoms with Gasteiger partial charge in [0.1, 0.15) is 6.04 Å². The highest BCUT2D eigenvalue weighted by Gasteiger charge is 2.37. The van der Waals surface area contributed by atoms with Crippen molar-refractivity contribution in [1.29, 1.82) is 0 Å². The Bertz CT molecular complexity index is 605. The highest BCUT2D eigenvalue weighted by atomic mass is 16.2. The molecule has 1 fully saturated rings. The zero-order chi connectivity index (χ0) is 17.1. The molecule has 4 nitrogen and oxygen atoms in total. The lowest BCUT2D eigenvalue weighted by molar-refractivity contribution is -0.127. The Labute approximate surface area is 144 Å². The van der Waals surface area contributed by atoms with Gasteiger partial charge in [-0.05, 0) is 36.8 Å². The van der Waals surface area contributed by atoms with Gasteiger partial charge in [0.25, 0.3) is 5.91 Å². The van der Waals surface area contributed by atoms with Crippen molar-refractivity contribution in [3.8, 4) is 0 Å². The van der Waals surface area contributed by atoms with E-state index in [2.05, 4.69) is 19.2 Å². The van der Waals surface area contributed by atoms with E-state index in [9.17, 15) is 9.59 Å². The predicted molar refractivity (Wildman–Crippen MR) is 94.6 cm³/mol. The number of hydrogen-bond donors (Lipinski definition) is 1. The van der Waals surface area contributed by atoms with Crippen molar-refractivity contribution < 1.29 is 9.59 Å². The molecule has 2 amide bonds. The van der Waals surface area contributed by atoms with E-state index in [4.69, 9.17) is 0 Å². The first-order valence-electron chi connectivity index (χ1n) is 9.25. The maximum absolute atomic E-state index is 12.9. The lowest BCUT2D eigenvalue weighted by Crippen LogP contribution is -2.50. The van der Waals surface area contributed by atoms with Crippen LogP contribution < -0.4 is 5.32 Å². The van der Waals surface area contributed by atoms with Gasteiger partial charge in [-0.25, -0.2) is 0 Å². The second-order valence-electron chi connectivity index (χ2n) is 7.58. The summed E-state index contributed by atoms with van der Waals surface area (Å²) in [6.07, 6.45) is 6.48. The molecular weight excluding hydrogens is 300 g/mol. The minimum Gasteiger partial charge on any atom is -0.352 e. The van der Waals surface area contributed by atoms with E-state index in [-0.39, 0.29) is 23.9 Å². The van der Waals surface area contributed by atoms with Crippen LogP contribution in [0.15, 0.2) is 24.3 Å². The lowest BCUT2D eigenvalue weighted by atomic mass is 9.94. The number of carbonyl (C=O) groups excluding carboxylic acids is 2. The number of nitrogens with zero attached hydrogens (tertiary/aromatic N) is 1. The fourth-order valence-electron chi connectivity index (χ4n) is 3.90. The zero-order valence-electron chi connectivity index (χ0n) is 14.8. The number of benzene rings is 1. The summed E-state index contributed by atoms with van der Waals surface area (Å²) in [6, 6.07) is 7.60.